The Morgan fingerprint density at radius 1 is 1.46 bits per heavy atom. The Kier molecular flexibility index (Phi) is 3.55. The normalized spacial score (nSPS) is 32.5. The lowest BCUT2D eigenvalue weighted by Crippen LogP contribution is -2.52. The van der Waals surface area contributed by atoms with Crippen LogP contribution in [-0.4, -0.2) is 65.7 Å². The van der Waals surface area contributed by atoms with Crippen molar-refractivity contribution in [3.05, 3.63) is 16.7 Å². The fraction of sp³-hybridized carbons (Fsp3) is 0.647. The standard InChI is InChI=1S/C17H21N5O6/c1-7(2)12(25)20-15-19-11-8(13(26)21-15)18-6-22(11)14-9-10(24)17(5-23,28-14)16(27-9)3-4-16/h6-7,9-10,14,23-24H,3-5H2,1-2H3,(H2,19,20,21,25,26)/t9?,10?,14?,17-/m0/s1. The molecular formula is C17H21N5O6. The van der Waals surface area contributed by atoms with Gasteiger partial charge in [0.2, 0.25) is 11.9 Å². The summed E-state index contributed by atoms with van der Waals surface area (Å²) in [5.41, 5.74) is -2.10. The van der Waals surface area contributed by atoms with E-state index in [0.717, 1.165) is 0 Å². The van der Waals surface area contributed by atoms with Crippen molar-refractivity contribution in [2.45, 2.75) is 56.3 Å². The molecule has 150 valence electrons. The van der Waals surface area contributed by atoms with Crippen molar-refractivity contribution < 1.29 is 24.5 Å². The summed E-state index contributed by atoms with van der Waals surface area (Å²) in [6, 6.07) is 0. The molecule has 4 N–H and O–H groups in total. The van der Waals surface area contributed by atoms with E-state index in [2.05, 4.69) is 20.3 Å². The molecule has 0 aromatic carbocycles. The molecule has 2 bridgehead atoms. The summed E-state index contributed by atoms with van der Waals surface area (Å²) < 4.78 is 13.6. The fourth-order valence-corrected chi connectivity index (χ4v) is 4.21. The van der Waals surface area contributed by atoms with Gasteiger partial charge in [-0.2, -0.15) is 4.98 Å². The second-order valence-electron chi connectivity index (χ2n) is 7.96. The first-order valence-electron chi connectivity index (χ1n) is 9.24. The predicted octanol–water partition coefficient (Wildman–Crippen LogP) is -0.734. The minimum Gasteiger partial charge on any atom is -0.393 e. The van der Waals surface area contributed by atoms with Gasteiger partial charge in [-0.15, -0.1) is 0 Å². The fourth-order valence-electron chi connectivity index (χ4n) is 4.21. The van der Waals surface area contributed by atoms with E-state index < -0.39 is 35.2 Å². The van der Waals surface area contributed by atoms with E-state index in [1.807, 2.05) is 0 Å². The number of hydrogen-bond acceptors (Lipinski definition) is 8. The Hall–Kier alpha value is -2.34. The van der Waals surface area contributed by atoms with Crippen molar-refractivity contribution in [3.63, 3.8) is 0 Å². The second kappa shape index (κ2) is 5.60. The van der Waals surface area contributed by atoms with Gasteiger partial charge in [0.05, 0.1) is 12.9 Å². The average Bonchev–Trinajstić information content (AvgIpc) is 3.12. The number of hydrogen-bond donors (Lipinski definition) is 4. The molecule has 1 aliphatic carbocycles. The van der Waals surface area contributed by atoms with Crippen LogP contribution in [0.25, 0.3) is 11.2 Å². The number of imidazole rings is 1. The highest BCUT2D eigenvalue weighted by atomic mass is 16.7. The number of aliphatic hydroxyl groups is 2. The maximum Gasteiger partial charge on any atom is 0.280 e. The summed E-state index contributed by atoms with van der Waals surface area (Å²) in [6.45, 7) is 3.07. The quantitative estimate of drug-likeness (QED) is 0.532. The number of aromatic nitrogens is 4. The van der Waals surface area contributed by atoms with Crippen LogP contribution in [-0.2, 0) is 14.3 Å². The number of H-pyrrole nitrogens is 1. The summed E-state index contributed by atoms with van der Waals surface area (Å²) in [4.78, 5) is 35.2. The number of anilines is 1. The van der Waals surface area contributed by atoms with Crippen molar-refractivity contribution in [2.75, 3.05) is 11.9 Å². The van der Waals surface area contributed by atoms with Gasteiger partial charge in [-0.25, -0.2) is 4.98 Å². The number of nitrogens with one attached hydrogen (secondary N) is 2. The maximum atomic E-state index is 12.4. The molecule has 1 amide bonds. The smallest absolute Gasteiger partial charge is 0.280 e. The molecule has 1 spiro atoms. The average molecular weight is 391 g/mol. The zero-order chi connectivity index (χ0) is 19.8. The first-order chi connectivity index (χ1) is 13.3. The Bertz CT molecular complexity index is 1030. The van der Waals surface area contributed by atoms with Crippen molar-refractivity contribution in [1.29, 1.82) is 0 Å². The van der Waals surface area contributed by atoms with Crippen LogP contribution < -0.4 is 10.9 Å². The minimum absolute atomic E-state index is 0.00175. The monoisotopic (exact) mass is 391 g/mol. The largest absolute Gasteiger partial charge is 0.393 e. The first kappa shape index (κ1) is 17.7. The van der Waals surface area contributed by atoms with Crippen LogP contribution in [0.5, 0.6) is 0 Å². The van der Waals surface area contributed by atoms with Crippen molar-refractivity contribution in [1.82, 2.24) is 19.5 Å². The first-order valence-corrected chi connectivity index (χ1v) is 9.24. The molecule has 3 fully saturated rings. The Morgan fingerprint density at radius 2 is 2.21 bits per heavy atom. The maximum absolute atomic E-state index is 12.4. The summed E-state index contributed by atoms with van der Waals surface area (Å²) in [6.07, 6.45) is 0.268. The molecule has 11 nitrogen and oxygen atoms in total. The lowest BCUT2D eigenvalue weighted by molar-refractivity contribution is -0.233. The number of fused-ring (bicyclic) bond motifs is 4. The van der Waals surface area contributed by atoms with Crippen molar-refractivity contribution in [3.8, 4) is 0 Å². The van der Waals surface area contributed by atoms with Gasteiger partial charge in [-0.3, -0.25) is 24.5 Å². The number of amides is 1. The van der Waals surface area contributed by atoms with E-state index in [-0.39, 0.29) is 35.5 Å². The highest BCUT2D eigenvalue weighted by Crippen LogP contribution is 2.64. The van der Waals surface area contributed by atoms with Gasteiger partial charge in [0.1, 0.15) is 17.8 Å². The Morgan fingerprint density at radius 3 is 2.86 bits per heavy atom. The van der Waals surface area contributed by atoms with Gasteiger partial charge >= 0.3 is 0 Å². The number of carbonyl (C=O) groups is 1. The van der Waals surface area contributed by atoms with Crippen LogP contribution in [0.1, 0.15) is 32.9 Å². The highest BCUT2D eigenvalue weighted by molar-refractivity contribution is 5.91. The molecular weight excluding hydrogens is 370 g/mol. The predicted molar refractivity (Wildman–Crippen MR) is 94.4 cm³/mol. The Labute approximate surface area is 158 Å². The molecule has 4 atom stereocenters. The van der Waals surface area contributed by atoms with Gasteiger partial charge in [0.15, 0.2) is 23.0 Å². The van der Waals surface area contributed by atoms with Crippen molar-refractivity contribution in [2.24, 2.45) is 5.92 Å². The topological polar surface area (TPSA) is 152 Å². The third-order valence-corrected chi connectivity index (χ3v) is 5.95. The lowest BCUT2D eigenvalue weighted by Gasteiger charge is -2.36. The summed E-state index contributed by atoms with van der Waals surface area (Å²) >= 11 is 0. The van der Waals surface area contributed by atoms with Gasteiger partial charge in [-0.05, 0) is 12.8 Å². The number of rotatable bonds is 4. The van der Waals surface area contributed by atoms with Crippen LogP contribution in [0.3, 0.4) is 0 Å². The molecule has 2 saturated heterocycles. The van der Waals surface area contributed by atoms with E-state index in [0.29, 0.717) is 12.8 Å². The lowest BCUT2D eigenvalue weighted by atomic mass is 9.91. The van der Waals surface area contributed by atoms with Crippen LogP contribution in [0.2, 0.25) is 0 Å². The van der Waals surface area contributed by atoms with Gasteiger partial charge in [0.25, 0.3) is 5.56 Å². The molecule has 1 saturated carbocycles. The molecule has 5 rings (SSSR count). The molecule has 3 aliphatic rings. The summed E-state index contributed by atoms with van der Waals surface area (Å²) in [5, 5.41) is 23.2. The van der Waals surface area contributed by atoms with Crippen molar-refractivity contribution >= 4 is 23.0 Å². The summed E-state index contributed by atoms with van der Waals surface area (Å²) in [7, 11) is 0. The van der Waals surface area contributed by atoms with E-state index in [1.165, 1.54) is 10.9 Å². The molecule has 0 radical (unpaired) electrons. The number of ether oxygens (including phenoxy) is 2. The molecule has 4 heterocycles. The molecule has 11 heteroatoms. The number of aliphatic hydroxyl groups excluding tert-OH is 2. The Balaban J connectivity index is 1.55. The van der Waals surface area contributed by atoms with Gasteiger partial charge < -0.3 is 19.7 Å². The van der Waals surface area contributed by atoms with E-state index in [1.54, 1.807) is 13.8 Å². The second-order valence-corrected chi connectivity index (χ2v) is 7.96. The molecule has 28 heavy (non-hydrogen) atoms. The number of carbonyl (C=O) groups excluding carboxylic acids is 1. The van der Waals surface area contributed by atoms with E-state index in [4.69, 9.17) is 9.47 Å². The van der Waals surface area contributed by atoms with Gasteiger partial charge in [0, 0.05) is 5.92 Å². The number of aromatic amines is 1. The third-order valence-electron chi connectivity index (χ3n) is 5.95. The third kappa shape index (κ3) is 2.12. The molecule has 2 aromatic heterocycles. The van der Waals surface area contributed by atoms with Crippen LogP contribution in [0, 0.1) is 5.92 Å². The number of nitrogens with zero attached hydrogens (tertiary/aromatic N) is 3. The zero-order valence-corrected chi connectivity index (χ0v) is 15.4. The van der Waals surface area contributed by atoms with E-state index in [9.17, 15) is 19.8 Å². The van der Waals surface area contributed by atoms with Crippen LogP contribution in [0.15, 0.2) is 11.1 Å². The van der Waals surface area contributed by atoms with Crippen LogP contribution in [0.4, 0.5) is 5.95 Å². The SMILES string of the molecule is CC(C)C(=O)Nc1nc2c(ncn2C2O[C@@]3(CO)C(O)C2OC32CC2)c(=O)[nH]1. The molecule has 3 unspecified atom stereocenters. The highest BCUT2D eigenvalue weighted by Gasteiger charge is 2.78. The zero-order valence-electron chi connectivity index (χ0n) is 15.4. The minimum atomic E-state index is -1.20. The van der Waals surface area contributed by atoms with E-state index >= 15 is 0 Å². The summed E-state index contributed by atoms with van der Waals surface area (Å²) in [5.74, 6) is -0.584. The van der Waals surface area contributed by atoms with Gasteiger partial charge in [-0.1, -0.05) is 13.8 Å². The van der Waals surface area contributed by atoms with Crippen LogP contribution >= 0.6 is 0 Å². The molecule has 2 aliphatic heterocycles. The molecule has 2 aromatic rings.